The Kier molecular flexibility index (Phi) is 6.15. The highest BCUT2D eigenvalue weighted by Gasteiger charge is 2.17. The van der Waals surface area contributed by atoms with E-state index in [4.69, 9.17) is 4.74 Å². The summed E-state index contributed by atoms with van der Waals surface area (Å²) in [6.07, 6.45) is 5.18. The van der Waals surface area contributed by atoms with Gasteiger partial charge < -0.3 is 10.1 Å². The summed E-state index contributed by atoms with van der Waals surface area (Å²) < 4.78 is 7.36. The van der Waals surface area contributed by atoms with Gasteiger partial charge in [0.1, 0.15) is 17.9 Å². The van der Waals surface area contributed by atoms with E-state index in [0.29, 0.717) is 23.0 Å². The molecule has 3 heterocycles. The molecule has 0 radical (unpaired) electrons. The molecule has 8 heteroatoms. The average Bonchev–Trinajstić information content (AvgIpc) is 3.04. The van der Waals surface area contributed by atoms with Crippen molar-refractivity contribution in [1.82, 2.24) is 14.3 Å². The number of hydrogen-bond donors (Lipinski definition) is 1. The number of fused-ring (bicyclic) bond motifs is 1. The summed E-state index contributed by atoms with van der Waals surface area (Å²) in [5, 5.41) is 2.79. The number of nitrogens with zero attached hydrogens (tertiary/aromatic N) is 3. The van der Waals surface area contributed by atoms with Crippen LogP contribution in [0.4, 0.5) is 5.69 Å². The predicted molar refractivity (Wildman–Crippen MR) is 119 cm³/mol. The number of likely N-dealkylation sites (tertiary alicyclic amines) is 1. The maximum absolute atomic E-state index is 12.8. The number of anilines is 1. The Hall–Kier alpha value is -2.71. The Bertz CT molecular complexity index is 1120. The van der Waals surface area contributed by atoms with Gasteiger partial charge in [-0.2, -0.15) is 0 Å². The molecule has 1 aromatic carbocycles. The first-order chi connectivity index (χ1) is 14.5. The van der Waals surface area contributed by atoms with E-state index < -0.39 is 5.91 Å². The molecule has 1 saturated heterocycles. The van der Waals surface area contributed by atoms with Gasteiger partial charge in [0.05, 0.1) is 0 Å². The van der Waals surface area contributed by atoms with Crippen molar-refractivity contribution in [2.75, 3.05) is 31.6 Å². The zero-order valence-electron chi connectivity index (χ0n) is 17.3. The van der Waals surface area contributed by atoms with Crippen LogP contribution in [-0.4, -0.2) is 46.4 Å². The van der Waals surface area contributed by atoms with Crippen molar-refractivity contribution in [3.8, 4) is 5.75 Å². The minimum absolute atomic E-state index is 0.0184. The number of hydrogen-bond acceptors (Lipinski definition) is 6. The molecule has 0 aliphatic carbocycles. The van der Waals surface area contributed by atoms with Crippen LogP contribution in [0.25, 0.3) is 4.96 Å². The van der Waals surface area contributed by atoms with Crippen molar-refractivity contribution < 1.29 is 9.53 Å². The van der Waals surface area contributed by atoms with Crippen LogP contribution in [0.3, 0.4) is 0 Å². The number of thiazole rings is 1. The first kappa shape index (κ1) is 20.6. The average molecular weight is 427 g/mol. The maximum Gasteiger partial charge on any atom is 0.271 e. The smallest absolute Gasteiger partial charge is 0.271 e. The van der Waals surface area contributed by atoms with E-state index >= 15 is 0 Å². The molecule has 0 saturated carbocycles. The molecule has 30 heavy (non-hydrogen) atoms. The van der Waals surface area contributed by atoms with Crippen LogP contribution in [0.2, 0.25) is 0 Å². The van der Waals surface area contributed by atoms with Crippen molar-refractivity contribution >= 4 is 27.9 Å². The zero-order chi connectivity index (χ0) is 21.1. The lowest BCUT2D eigenvalue weighted by molar-refractivity contribution is 0.102. The van der Waals surface area contributed by atoms with Gasteiger partial charge in [-0.05, 0) is 51.9 Å². The van der Waals surface area contributed by atoms with Gasteiger partial charge >= 0.3 is 0 Å². The van der Waals surface area contributed by atoms with Gasteiger partial charge in [-0.3, -0.25) is 18.9 Å². The molecule has 0 unspecified atom stereocenters. The molecule has 1 N–H and O–H groups in total. The summed E-state index contributed by atoms with van der Waals surface area (Å²) >= 11 is 1.44. The molecular weight excluding hydrogens is 400 g/mol. The molecule has 0 atom stereocenters. The highest BCUT2D eigenvalue weighted by atomic mass is 32.1. The molecule has 0 bridgehead atoms. The van der Waals surface area contributed by atoms with E-state index in [-0.39, 0.29) is 11.1 Å². The standard InChI is InChI=1S/C22H26N4O3S/c1-15-16(2)30-22-23-14-19(21(28)26(15)22)20(27)24-17-7-6-8-18(13-17)29-12-11-25-9-4-3-5-10-25/h6-8,13-14H,3-5,9-12H2,1-2H3,(H,24,27). The predicted octanol–water partition coefficient (Wildman–Crippen LogP) is 3.49. The van der Waals surface area contributed by atoms with E-state index in [1.807, 2.05) is 26.0 Å². The molecule has 3 aromatic rings. The number of carbonyl (C=O) groups excluding carboxylic acids is 1. The minimum Gasteiger partial charge on any atom is -0.492 e. The van der Waals surface area contributed by atoms with Gasteiger partial charge in [0.15, 0.2) is 4.96 Å². The van der Waals surface area contributed by atoms with E-state index in [1.54, 1.807) is 12.1 Å². The number of ether oxygens (including phenoxy) is 1. The number of nitrogens with one attached hydrogen (secondary N) is 1. The molecule has 0 spiro atoms. The van der Waals surface area contributed by atoms with Crippen LogP contribution in [0, 0.1) is 13.8 Å². The van der Waals surface area contributed by atoms with Crippen molar-refractivity contribution in [1.29, 1.82) is 0 Å². The number of aryl methyl sites for hydroxylation is 2. The number of carbonyl (C=O) groups is 1. The minimum atomic E-state index is -0.476. The van der Waals surface area contributed by atoms with Gasteiger partial charge in [-0.25, -0.2) is 4.98 Å². The van der Waals surface area contributed by atoms with Crippen LogP contribution in [0.15, 0.2) is 35.3 Å². The normalized spacial score (nSPS) is 14.7. The summed E-state index contributed by atoms with van der Waals surface area (Å²) in [6, 6.07) is 7.25. The summed E-state index contributed by atoms with van der Waals surface area (Å²) in [5.74, 6) is 0.218. The van der Waals surface area contributed by atoms with E-state index in [1.165, 1.54) is 41.2 Å². The van der Waals surface area contributed by atoms with Crippen molar-refractivity contribution in [2.45, 2.75) is 33.1 Å². The van der Waals surface area contributed by atoms with Crippen LogP contribution in [-0.2, 0) is 0 Å². The number of rotatable bonds is 6. The number of amides is 1. The first-order valence-electron chi connectivity index (χ1n) is 10.3. The zero-order valence-corrected chi connectivity index (χ0v) is 18.1. The molecule has 4 rings (SSSR count). The molecule has 2 aromatic heterocycles. The van der Waals surface area contributed by atoms with Gasteiger partial charge in [-0.1, -0.05) is 12.5 Å². The second kappa shape index (κ2) is 8.97. The van der Waals surface area contributed by atoms with E-state index in [9.17, 15) is 9.59 Å². The van der Waals surface area contributed by atoms with Crippen molar-refractivity contribution in [3.63, 3.8) is 0 Å². The molecule has 158 valence electrons. The van der Waals surface area contributed by atoms with Crippen LogP contribution in [0.5, 0.6) is 5.75 Å². The fraction of sp³-hybridized carbons (Fsp3) is 0.409. The van der Waals surface area contributed by atoms with Crippen LogP contribution < -0.4 is 15.6 Å². The highest BCUT2D eigenvalue weighted by Crippen LogP contribution is 2.20. The van der Waals surface area contributed by atoms with E-state index in [0.717, 1.165) is 30.2 Å². The topological polar surface area (TPSA) is 75.9 Å². The van der Waals surface area contributed by atoms with Gasteiger partial charge in [0, 0.05) is 35.1 Å². The van der Waals surface area contributed by atoms with Gasteiger partial charge in [0.25, 0.3) is 11.5 Å². The lowest BCUT2D eigenvalue weighted by atomic mass is 10.1. The summed E-state index contributed by atoms with van der Waals surface area (Å²) in [5.41, 5.74) is 1.06. The Labute approximate surface area is 179 Å². The van der Waals surface area contributed by atoms with Crippen LogP contribution in [0.1, 0.15) is 40.2 Å². The van der Waals surface area contributed by atoms with Crippen molar-refractivity contribution in [3.05, 3.63) is 57.0 Å². The quantitative estimate of drug-likeness (QED) is 0.653. The number of aromatic nitrogens is 2. The molecule has 7 nitrogen and oxygen atoms in total. The summed E-state index contributed by atoms with van der Waals surface area (Å²) in [4.78, 5) is 33.8. The third kappa shape index (κ3) is 4.39. The van der Waals surface area contributed by atoms with Gasteiger partial charge in [-0.15, -0.1) is 11.3 Å². The van der Waals surface area contributed by atoms with Crippen LogP contribution >= 0.6 is 11.3 Å². The molecule has 1 fully saturated rings. The summed E-state index contributed by atoms with van der Waals surface area (Å²) in [6.45, 7) is 7.57. The van der Waals surface area contributed by atoms with Gasteiger partial charge in [0.2, 0.25) is 0 Å². The summed E-state index contributed by atoms with van der Waals surface area (Å²) in [7, 11) is 0. The largest absolute Gasteiger partial charge is 0.492 e. The lowest BCUT2D eigenvalue weighted by Gasteiger charge is -2.26. The van der Waals surface area contributed by atoms with Crippen molar-refractivity contribution in [2.24, 2.45) is 0 Å². The fourth-order valence-corrected chi connectivity index (χ4v) is 4.60. The molecule has 1 aliphatic rings. The Morgan fingerprint density at radius 3 is 2.83 bits per heavy atom. The highest BCUT2D eigenvalue weighted by molar-refractivity contribution is 7.17. The monoisotopic (exact) mass is 426 g/mol. The Morgan fingerprint density at radius 2 is 2.03 bits per heavy atom. The third-order valence-electron chi connectivity index (χ3n) is 5.48. The fourth-order valence-electron chi connectivity index (χ4n) is 3.67. The Morgan fingerprint density at radius 1 is 1.23 bits per heavy atom. The maximum atomic E-state index is 12.8. The third-order valence-corrected chi connectivity index (χ3v) is 6.55. The second-order valence-corrected chi connectivity index (χ2v) is 8.75. The molecular formula is C22H26N4O3S. The SMILES string of the molecule is Cc1sc2ncc(C(=O)Nc3cccc(OCCN4CCCCC4)c3)c(=O)n2c1C. The second-order valence-electron chi connectivity index (χ2n) is 7.57. The molecule has 1 aliphatic heterocycles. The van der Waals surface area contributed by atoms with E-state index in [2.05, 4.69) is 15.2 Å². The lowest BCUT2D eigenvalue weighted by Crippen LogP contribution is -2.33. The number of benzene rings is 1. The Balaban J connectivity index is 1.43. The number of piperidine rings is 1. The molecule has 1 amide bonds. The first-order valence-corrected chi connectivity index (χ1v) is 11.1.